The zero-order valence-corrected chi connectivity index (χ0v) is 23.2. The molecule has 2 aromatic carbocycles. The average molecular weight is 598 g/mol. The number of ether oxygens (including phenoxy) is 2. The van der Waals surface area contributed by atoms with Gasteiger partial charge in [0.05, 0.1) is 47.3 Å². The van der Waals surface area contributed by atoms with Crippen LogP contribution in [-0.2, 0) is 33.9 Å². The molecule has 0 bridgehead atoms. The van der Waals surface area contributed by atoms with Gasteiger partial charge in [-0.15, -0.1) is 0 Å². The Hall–Kier alpha value is -3.09. The van der Waals surface area contributed by atoms with E-state index in [0.29, 0.717) is 5.56 Å². The van der Waals surface area contributed by atoms with E-state index in [1.54, 1.807) is 30.3 Å². The summed E-state index contributed by atoms with van der Waals surface area (Å²) < 4.78 is 77.3. The number of nitrogens with zero attached hydrogens (tertiary/aromatic N) is 1. The highest BCUT2D eigenvalue weighted by atomic mass is 35.5. The van der Waals surface area contributed by atoms with Gasteiger partial charge in [-0.2, -0.15) is 0 Å². The summed E-state index contributed by atoms with van der Waals surface area (Å²) in [4.78, 5) is 29.6. The fourth-order valence-corrected chi connectivity index (χ4v) is 9.27. The van der Waals surface area contributed by atoms with E-state index < -0.39 is 65.9 Å². The smallest absolute Gasteiger partial charge is 0.338 e. The third kappa shape index (κ3) is 6.39. The van der Waals surface area contributed by atoms with Crippen LogP contribution in [0, 0.1) is 5.82 Å². The van der Waals surface area contributed by atoms with Crippen molar-refractivity contribution in [3.05, 3.63) is 81.8 Å². The minimum absolute atomic E-state index is 0.00150. The van der Waals surface area contributed by atoms with Gasteiger partial charge in [0.15, 0.2) is 19.7 Å². The van der Waals surface area contributed by atoms with Crippen LogP contribution in [0.3, 0.4) is 0 Å². The number of hydrogen-bond acceptors (Lipinski definition) is 9. The fraction of sp³-hybridized carbons (Fsp3) is 0.346. The lowest BCUT2D eigenvalue weighted by atomic mass is 9.83. The molecule has 4 rings (SSSR count). The van der Waals surface area contributed by atoms with Gasteiger partial charge in [-0.3, -0.25) is 4.99 Å². The Labute approximate surface area is 230 Å². The van der Waals surface area contributed by atoms with Crippen LogP contribution in [0.5, 0.6) is 0 Å². The minimum Gasteiger partial charge on any atom is -0.462 e. The minimum atomic E-state index is -4.21. The summed E-state index contributed by atoms with van der Waals surface area (Å²) >= 11 is 6.31. The van der Waals surface area contributed by atoms with Gasteiger partial charge in [0.25, 0.3) is 0 Å². The number of allylic oxidation sites excluding steroid dienone is 1. The lowest BCUT2D eigenvalue weighted by molar-refractivity contribution is -0.139. The predicted molar refractivity (Wildman–Crippen MR) is 143 cm³/mol. The van der Waals surface area contributed by atoms with Crippen molar-refractivity contribution in [2.45, 2.75) is 24.5 Å². The number of carbonyl (C=O) groups is 2. The Morgan fingerprint density at radius 1 is 0.974 bits per heavy atom. The van der Waals surface area contributed by atoms with E-state index in [9.17, 15) is 26.4 Å². The van der Waals surface area contributed by atoms with Gasteiger partial charge in [0.1, 0.15) is 11.1 Å². The van der Waals surface area contributed by atoms with Gasteiger partial charge in [-0.1, -0.05) is 35.9 Å². The van der Waals surface area contributed by atoms with Gasteiger partial charge < -0.3 is 9.47 Å². The molecule has 2 aliphatic heterocycles. The first-order chi connectivity index (χ1) is 18.4. The van der Waals surface area contributed by atoms with Crippen LogP contribution in [0.25, 0.3) is 0 Å². The molecule has 0 radical (unpaired) electrons. The van der Waals surface area contributed by atoms with E-state index in [4.69, 9.17) is 21.1 Å². The highest BCUT2D eigenvalue weighted by Crippen LogP contribution is 2.43. The van der Waals surface area contributed by atoms with Crippen LogP contribution in [0.2, 0.25) is 5.02 Å². The summed E-state index contributed by atoms with van der Waals surface area (Å²) in [6.45, 7) is 1.14. The van der Waals surface area contributed by atoms with Gasteiger partial charge in [-0.05, 0) is 31.2 Å². The Morgan fingerprint density at radius 2 is 1.64 bits per heavy atom. The standard InChI is InChI=1S/C26H25ClFNO8S2/c1-16-21(26(31)37-12-6-11-36-25(30)17-7-3-2-4-8-17)23(22-18(27)9-5-10-19(22)28)24-20(29-16)15-38(32,33)13-14-39(24,34)35/h2-5,7-10,23-24H,6,11-15H2,1H3. The van der Waals surface area contributed by atoms with Crippen LogP contribution >= 0.6 is 11.6 Å². The predicted octanol–water partition coefficient (Wildman–Crippen LogP) is 3.29. The number of fused-ring (bicyclic) bond motifs is 1. The molecule has 2 aliphatic rings. The van der Waals surface area contributed by atoms with E-state index in [1.165, 1.54) is 19.1 Å². The zero-order chi connectivity index (χ0) is 28.4. The van der Waals surface area contributed by atoms with Crippen LogP contribution in [-0.4, -0.2) is 70.2 Å². The molecular formula is C26H25ClFNO8S2. The molecule has 0 aliphatic carbocycles. The van der Waals surface area contributed by atoms with Crippen molar-refractivity contribution in [1.29, 1.82) is 0 Å². The van der Waals surface area contributed by atoms with Gasteiger partial charge >= 0.3 is 11.9 Å². The number of esters is 2. The van der Waals surface area contributed by atoms with Gasteiger partial charge in [-0.25, -0.2) is 30.8 Å². The normalized spacial score (nSPS) is 21.8. The third-order valence-corrected chi connectivity index (χ3v) is 10.6. The fourth-order valence-electron chi connectivity index (χ4n) is 4.61. The van der Waals surface area contributed by atoms with Crippen molar-refractivity contribution < 1.29 is 40.3 Å². The molecule has 208 valence electrons. The largest absolute Gasteiger partial charge is 0.462 e. The van der Waals surface area contributed by atoms with E-state index in [-0.39, 0.29) is 47.2 Å². The number of benzene rings is 2. The van der Waals surface area contributed by atoms with Crippen LogP contribution < -0.4 is 0 Å². The number of sulfone groups is 2. The number of aliphatic imine (C=N–C) groups is 1. The second kappa shape index (κ2) is 11.6. The quantitative estimate of drug-likeness (QED) is 0.351. The monoisotopic (exact) mass is 597 g/mol. The molecule has 9 nitrogen and oxygen atoms in total. The molecule has 1 fully saturated rings. The molecule has 0 spiro atoms. The van der Waals surface area contributed by atoms with Crippen molar-refractivity contribution in [3.63, 3.8) is 0 Å². The summed E-state index contributed by atoms with van der Waals surface area (Å²) in [6.07, 6.45) is 0.135. The molecule has 0 amide bonds. The zero-order valence-electron chi connectivity index (χ0n) is 20.8. The second-order valence-corrected chi connectivity index (χ2v) is 13.9. The van der Waals surface area contributed by atoms with Crippen molar-refractivity contribution in [3.8, 4) is 0 Å². The summed E-state index contributed by atoms with van der Waals surface area (Å²) in [5.74, 6) is -5.83. The molecule has 2 unspecified atom stereocenters. The van der Waals surface area contributed by atoms with E-state index >= 15 is 4.39 Å². The van der Waals surface area contributed by atoms with E-state index in [1.807, 2.05) is 0 Å². The lowest BCUT2D eigenvalue weighted by Gasteiger charge is -2.33. The first-order valence-electron chi connectivity index (χ1n) is 11.9. The number of carbonyl (C=O) groups excluding carboxylic acids is 2. The molecule has 0 aromatic heterocycles. The van der Waals surface area contributed by atoms with E-state index in [2.05, 4.69) is 4.99 Å². The molecule has 0 saturated carbocycles. The first kappa shape index (κ1) is 28.9. The van der Waals surface area contributed by atoms with Crippen molar-refractivity contribution in [1.82, 2.24) is 0 Å². The highest BCUT2D eigenvalue weighted by molar-refractivity contribution is 7.97. The average Bonchev–Trinajstić information content (AvgIpc) is 2.96. The number of halogens is 2. The Bertz CT molecular complexity index is 1550. The molecule has 2 aromatic rings. The van der Waals surface area contributed by atoms with Gasteiger partial charge in [0.2, 0.25) is 0 Å². The third-order valence-electron chi connectivity index (χ3n) is 6.37. The summed E-state index contributed by atoms with van der Waals surface area (Å²) in [5.41, 5.74) is -0.332. The van der Waals surface area contributed by atoms with Gasteiger partial charge in [0, 0.05) is 28.6 Å². The van der Waals surface area contributed by atoms with Crippen LogP contribution in [0.15, 0.2) is 64.8 Å². The summed E-state index contributed by atoms with van der Waals surface area (Å²) in [7, 11) is -8.02. The lowest BCUT2D eigenvalue weighted by Crippen LogP contribution is -2.43. The number of rotatable bonds is 7. The maximum atomic E-state index is 15.2. The molecule has 2 heterocycles. The first-order valence-corrected chi connectivity index (χ1v) is 15.9. The Kier molecular flexibility index (Phi) is 8.57. The van der Waals surface area contributed by atoms with Crippen LogP contribution in [0.4, 0.5) is 4.39 Å². The molecule has 39 heavy (non-hydrogen) atoms. The van der Waals surface area contributed by atoms with Crippen molar-refractivity contribution in [2.24, 2.45) is 4.99 Å². The maximum absolute atomic E-state index is 15.2. The second-order valence-electron chi connectivity index (χ2n) is 9.09. The highest BCUT2D eigenvalue weighted by Gasteiger charge is 2.49. The molecule has 2 atom stereocenters. The molecular weight excluding hydrogens is 573 g/mol. The summed E-state index contributed by atoms with van der Waals surface area (Å²) in [6, 6.07) is 12.1. The van der Waals surface area contributed by atoms with Crippen LogP contribution in [0.1, 0.15) is 35.2 Å². The molecule has 0 N–H and O–H groups in total. The van der Waals surface area contributed by atoms with Crippen molar-refractivity contribution >= 4 is 48.9 Å². The summed E-state index contributed by atoms with van der Waals surface area (Å²) in [5, 5.41) is -1.75. The molecule has 13 heteroatoms. The topological polar surface area (TPSA) is 133 Å². The number of hydrogen-bond donors (Lipinski definition) is 0. The Morgan fingerprint density at radius 3 is 2.31 bits per heavy atom. The van der Waals surface area contributed by atoms with E-state index in [0.717, 1.165) is 6.07 Å². The Balaban J connectivity index is 1.61. The SMILES string of the molecule is CC1=C(C(=O)OCCCOC(=O)c2ccccc2)C(c2c(F)cccc2Cl)C2C(=N1)CS(=O)(=O)CCS2(=O)=O. The maximum Gasteiger partial charge on any atom is 0.338 e. The van der Waals surface area contributed by atoms with Crippen molar-refractivity contribution in [2.75, 3.05) is 30.5 Å². The molecule has 1 saturated heterocycles.